The number of primary amides is 1. The molecule has 1 amide bonds. The van der Waals surface area contributed by atoms with Crippen molar-refractivity contribution in [2.45, 2.75) is 13.5 Å². The molecule has 0 bridgehead atoms. The van der Waals surface area contributed by atoms with E-state index in [0.29, 0.717) is 12.4 Å². The highest BCUT2D eigenvalue weighted by molar-refractivity contribution is 5.75. The van der Waals surface area contributed by atoms with Gasteiger partial charge in [0, 0.05) is 13.6 Å². The zero-order valence-electron chi connectivity index (χ0n) is 9.20. The minimum Gasteiger partial charge on any atom is -0.481 e. The van der Waals surface area contributed by atoms with E-state index >= 15 is 0 Å². The van der Waals surface area contributed by atoms with Crippen LogP contribution in [-0.4, -0.2) is 29.3 Å². The molecule has 6 nitrogen and oxygen atoms in total. The van der Waals surface area contributed by atoms with Gasteiger partial charge in [0.15, 0.2) is 0 Å². The van der Waals surface area contributed by atoms with E-state index in [1.807, 2.05) is 14.0 Å². The number of nitrogens with one attached hydrogen (secondary N) is 1. The third-order valence-electron chi connectivity index (χ3n) is 2.08. The number of carbonyl (C=O) groups excluding carboxylic acids is 1. The molecule has 0 saturated heterocycles. The van der Waals surface area contributed by atoms with Crippen molar-refractivity contribution < 1.29 is 9.53 Å². The SMILES string of the molecule is COc1c(CNCC(N)=O)c(C)nn1C. The molecule has 0 aliphatic heterocycles. The van der Waals surface area contributed by atoms with Gasteiger partial charge in [-0.2, -0.15) is 5.10 Å². The van der Waals surface area contributed by atoms with Gasteiger partial charge in [-0.15, -0.1) is 0 Å². The van der Waals surface area contributed by atoms with E-state index in [4.69, 9.17) is 10.5 Å². The third kappa shape index (κ3) is 2.69. The van der Waals surface area contributed by atoms with Crippen molar-refractivity contribution in [3.8, 4) is 5.88 Å². The summed E-state index contributed by atoms with van der Waals surface area (Å²) in [4.78, 5) is 10.5. The maximum atomic E-state index is 10.5. The molecule has 0 atom stereocenters. The molecule has 1 heterocycles. The van der Waals surface area contributed by atoms with E-state index in [9.17, 15) is 4.79 Å². The molecule has 1 rings (SSSR count). The van der Waals surface area contributed by atoms with Crippen LogP contribution in [0.2, 0.25) is 0 Å². The summed E-state index contributed by atoms with van der Waals surface area (Å²) in [7, 11) is 3.40. The molecule has 0 radical (unpaired) electrons. The number of hydrogen-bond donors (Lipinski definition) is 2. The lowest BCUT2D eigenvalue weighted by molar-refractivity contribution is -0.117. The van der Waals surface area contributed by atoms with Crippen LogP contribution >= 0.6 is 0 Å². The lowest BCUT2D eigenvalue weighted by Gasteiger charge is -2.05. The van der Waals surface area contributed by atoms with Gasteiger partial charge in [-0.1, -0.05) is 0 Å². The highest BCUT2D eigenvalue weighted by Crippen LogP contribution is 2.20. The van der Waals surface area contributed by atoms with Crippen LogP contribution in [-0.2, 0) is 18.4 Å². The van der Waals surface area contributed by atoms with Crippen molar-refractivity contribution in [2.24, 2.45) is 12.8 Å². The summed E-state index contributed by atoms with van der Waals surface area (Å²) in [6.45, 7) is 2.56. The predicted molar refractivity (Wildman–Crippen MR) is 55.4 cm³/mol. The zero-order valence-corrected chi connectivity index (χ0v) is 9.20. The van der Waals surface area contributed by atoms with Gasteiger partial charge in [-0.05, 0) is 6.92 Å². The van der Waals surface area contributed by atoms with Crippen LogP contribution in [0, 0.1) is 6.92 Å². The van der Waals surface area contributed by atoms with E-state index in [1.165, 1.54) is 0 Å². The van der Waals surface area contributed by atoms with Gasteiger partial charge in [-0.3, -0.25) is 4.79 Å². The smallest absolute Gasteiger partial charge is 0.231 e. The molecule has 0 saturated carbocycles. The van der Waals surface area contributed by atoms with Crippen molar-refractivity contribution in [1.82, 2.24) is 15.1 Å². The van der Waals surface area contributed by atoms with E-state index in [-0.39, 0.29) is 12.5 Å². The Morgan fingerprint density at radius 1 is 1.67 bits per heavy atom. The van der Waals surface area contributed by atoms with Gasteiger partial charge in [0.1, 0.15) is 0 Å². The minimum atomic E-state index is -0.379. The fraction of sp³-hybridized carbons (Fsp3) is 0.556. The summed E-state index contributed by atoms with van der Waals surface area (Å²) in [5, 5.41) is 7.14. The average molecular weight is 212 g/mol. The largest absolute Gasteiger partial charge is 0.481 e. The van der Waals surface area contributed by atoms with Crippen LogP contribution in [0.3, 0.4) is 0 Å². The first kappa shape index (κ1) is 11.5. The number of amides is 1. The zero-order chi connectivity index (χ0) is 11.4. The number of aryl methyl sites for hydroxylation is 2. The van der Waals surface area contributed by atoms with Crippen molar-refractivity contribution in [2.75, 3.05) is 13.7 Å². The molecule has 6 heteroatoms. The number of rotatable bonds is 5. The van der Waals surface area contributed by atoms with Crippen LogP contribution in [0.25, 0.3) is 0 Å². The quantitative estimate of drug-likeness (QED) is 0.677. The number of nitrogens with two attached hydrogens (primary N) is 1. The maximum absolute atomic E-state index is 10.5. The van der Waals surface area contributed by atoms with E-state index in [1.54, 1.807) is 11.8 Å². The lowest BCUT2D eigenvalue weighted by atomic mass is 10.2. The molecule has 0 fully saturated rings. The van der Waals surface area contributed by atoms with Crippen molar-refractivity contribution >= 4 is 5.91 Å². The monoisotopic (exact) mass is 212 g/mol. The van der Waals surface area contributed by atoms with Gasteiger partial charge in [0.2, 0.25) is 11.8 Å². The van der Waals surface area contributed by atoms with E-state index in [2.05, 4.69) is 10.4 Å². The van der Waals surface area contributed by atoms with Crippen LogP contribution in [0.5, 0.6) is 5.88 Å². The maximum Gasteiger partial charge on any atom is 0.231 e. The van der Waals surface area contributed by atoms with Crippen LogP contribution in [0.4, 0.5) is 0 Å². The summed E-state index contributed by atoms with van der Waals surface area (Å²) in [5.41, 5.74) is 6.84. The van der Waals surface area contributed by atoms with Crippen LogP contribution in [0.15, 0.2) is 0 Å². The Labute approximate surface area is 88.4 Å². The number of aromatic nitrogens is 2. The highest BCUT2D eigenvalue weighted by Gasteiger charge is 2.12. The van der Waals surface area contributed by atoms with Crippen LogP contribution in [0.1, 0.15) is 11.3 Å². The Bertz CT molecular complexity index is 359. The first-order valence-electron chi connectivity index (χ1n) is 4.61. The topological polar surface area (TPSA) is 82.2 Å². The number of hydrogen-bond acceptors (Lipinski definition) is 4. The van der Waals surface area contributed by atoms with Crippen molar-refractivity contribution in [3.63, 3.8) is 0 Å². The molecule has 1 aromatic rings. The van der Waals surface area contributed by atoms with Gasteiger partial charge in [-0.25, -0.2) is 4.68 Å². The first-order chi connectivity index (χ1) is 7.06. The molecule has 15 heavy (non-hydrogen) atoms. The normalized spacial score (nSPS) is 10.3. The minimum absolute atomic E-state index is 0.150. The van der Waals surface area contributed by atoms with Crippen molar-refractivity contribution in [1.29, 1.82) is 0 Å². The summed E-state index contributed by atoms with van der Waals surface area (Å²) in [6.07, 6.45) is 0. The summed E-state index contributed by atoms with van der Waals surface area (Å²) >= 11 is 0. The molecular weight excluding hydrogens is 196 g/mol. The fourth-order valence-corrected chi connectivity index (χ4v) is 1.45. The predicted octanol–water partition coefficient (Wildman–Crippen LogP) is -0.688. The number of nitrogens with zero attached hydrogens (tertiary/aromatic N) is 2. The lowest BCUT2D eigenvalue weighted by Crippen LogP contribution is -2.28. The standard InChI is InChI=1S/C9H16N4O2/c1-6-7(4-11-5-8(10)14)9(15-3)13(2)12-6/h11H,4-5H2,1-3H3,(H2,10,14). The Morgan fingerprint density at radius 2 is 2.33 bits per heavy atom. The molecule has 0 aliphatic carbocycles. The number of ether oxygens (including phenoxy) is 1. The number of methoxy groups -OCH3 is 1. The summed E-state index contributed by atoms with van der Waals surface area (Å²) in [5.74, 6) is 0.319. The van der Waals surface area contributed by atoms with Gasteiger partial charge < -0.3 is 15.8 Å². The second kappa shape index (κ2) is 4.79. The Kier molecular flexibility index (Phi) is 3.68. The molecule has 0 spiro atoms. The third-order valence-corrected chi connectivity index (χ3v) is 2.08. The van der Waals surface area contributed by atoms with Gasteiger partial charge in [0.05, 0.1) is 24.9 Å². The molecule has 84 valence electrons. The van der Waals surface area contributed by atoms with E-state index in [0.717, 1.165) is 11.3 Å². The molecular formula is C9H16N4O2. The second-order valence-corrected chi connectivity index (χ2v) is 3.27. The molecule has 1 aromatic heterocycles. The highest BCUT2D eigenvalue weighted by atomic mass is 16.5. The fourth-order valence-electron chi connectivity index (χ4n) is 1.45. The molecule has 0 aliphatic rings. The second-order valence-electron chi connectivity index (χ2n) is 3.27. The summed E-state index contributed by atoms with van der Waals surface area (Å²) < 4.78 is 6.86. The average Bonchev–Trinajstić information content (AvgIpc) is 2.41. The van der Waals surface area contributed by atoms with Crippen molar-refractivity contribution in [3.05, 3.63) is 11.3 Å². The number of carbonyl (C=O) groups is 1. The van der Waals surface area contributed by atoms with E-state index < -0.39 is 0 Å². The van der Waals surface area contributed by atoms with Crippen LogP contribution < -0.4 is 15.8 Å². The van der Waals surface area contributed by atoms with Gasteiger partial charge >= 0.3 is 0 Å². The molecule has 0 aromatic carbocycles. The first-order valence-corrected chi connectivity index (χ1v) is 4.61. The Balaban J connectivity index is 2.71. The molecule has 0 unspecified atom stereocenters. The summed E-state index contributed by atoms with van der Waals surface area (Å²) in [6, 6.07) is 0. The Hall–Kier alpha value is -1.56. The molecule has 3 N–H and O–H groups in total. The van der Waals surface area contributed by atoms with Gasteiger partial charge in [0.25, 0.3) is 0 Å². The Morgan fingerprint density at radius 3 is 2.87 bits per heavy atom.